The van der Waals surface area contributed by atoms with Crippen molar-refractivity contribution in [3.8, 4) is 5.75 Å². The van der Waals surface area contributed by atoms with Crippen molar-refractivity contribution in [1.29, 1.82) is 0 Å². The Balaban J connectivity index is 1.83. The Morgan fingerprint density at radius 1 is 1.30 bits per heavy atom. The van der Waals surface area contributed by atoms with Gasteiger partial charge in [-0.25, -0.2) is 13.1 Å². The van der Waals surface area contributed by atoms with Gasteiger partial charge in [0.05, 0.1) is 17.7 Å². The minimum Gasteiger partial charge on any atom is -0.497 e. The van der Waals surface area contributed by atoms with E-state index >= 15 is 0 Å². The van der Waals surface area contributed by atoms with Gasteiger partial charge in [0.2, 0.25) is 0 Å². The molecule has 0 saturated carbocycles. The van der Waals surface area contributed by atoms with Crippen molar-refractivity contribution in [2.45, 2.75) is 18.2 Å². The molecule has 3 aromatic rings. The highest BCUT2D eigenvalue weighted by Crippen LogP contribution is 2.30. The molecule has 0 amide bonds. The van der Waals surface area contributed by atoms with Crippen LogP contribution < -0.4 is 9.46 Å². The number of ether oxygens (including phenoxy) is 1. The number of methoxy groups -OCH3 is 1. The molecule has 0 spiro atoms. The molecule has 0 unspecified atom stereocenters. The predicted molar refractivity (Wildman–Crippen MR) is 105 cm³/mol. The van der Waals surface area contributed by atoms with Gasteiger partial charge in [-0.2, -0.15) is 0 Å². The van der Waals surface area contributed by atoms with Crippen LogP contribution in [0.4, 0.5) is 5.88 Å². The maximum Gasteiger partial charge on any atom is 0.265 e. The van der Waals surface area contributed by atoms with Crippen molar-refractivity contribution in [3.05, 3.63) is 56.3 Å². The van der Waals surface area contributed by atoms with E-state index in [4.69, 9.17) is 9.26 Å². The molecule has 0 radical (unpaired) electrons. The molecule has 0 aliphatic carbocycles. The highest BCUT2D eigenvalue weighted by molar-refractivity contribution is 9.10. The van der Waals surface area contributed by atoms with E-state index in [0.717, 1.165) is 16.9 Å². The van der Waals surface area contributed by atoms with Crippen LogP contribution in [0.5, 0.6) is 5.75 Å². The van der Waals surface area contributed by atoms with E-state index < -0.39 is 10.0 Å². The maximum atomic E-state index is 12.7. The predicted octanol–water partition coefficient (Wildman–Crippen LogP) is 4.04. The zero-order valence-electron chi connectivity index (χ0n) is 14.4. The number of carbonyl (C=O) groups excluding carboxylic acids is 1. The number of sulfonamides is 1. The third kappa shape index (κ3) is 4.23. The molecule has 0 bridgehead atoms. The number of nitrogens with zero attached hydrogens (tertiary/aromatic N) is 1. The summed E-state index contributed by atoms with van der Waals surface area (Å²) in [7, 11) is -2.44. The molecule has 1 aromatic carbocycles. The van der Waals surface area contributed by atoms with Crippen molar-refractivity contribution in [2.24, 2.45) is 0 Å². The SMILES string of the molecule is COc1ccc(CC(=O)c2sccc2S(=O)(=O)Nc2onc(C)c2Br)cc1. The molecule has 0 atom stereocenters. The van der Waals surface area contributed by atoms with E-state index in [1.165, 1.54) is 6.07 Å². The van der Waals surface area contributed by atoms with E-state index in [1.54, 1.807) is 43.7 Å². The average molecular weight is 471 g/mol. The molecular weight excluding hydrogens is 456 g/mol. The second-order valence-corrected chi connectivity index (χ2v) is 8.94. The summed E-state index contributed by atoms with van der Waals surface area (Å²) in [5, 5.41) is 5.25. The zero-order chi connectivity index (χ0) is 19.6. The van der Waals surface area contributed by atoms with E-state index in [-0.39, 0.29) is 27.9 Å². The Bertz CT molecular complexity index is 1070. The van der Waals surface area contributed by atoms with Crippen LogP contribution in [0.15, 0.2) is 49.6 Å². The Morgan fingerprint density at radius 2 is 2.00 bits per heavy atom. The number of Topliss-reactive ketones (excluding diaryl/α,β-unsaturated/α-hetero) is 1. The number of ketones is 1. The molecule has 2 heterocycles. The summed E-state index contributed by atoms with van der Waals surface area (Å²) in [6, 6.07) is 8.43. The maximum absolute atomic E-state index is 12.7. The Kier molecular flexibility index (Phi) is 5.68. The second-order valence-electron chi connectivity index (χ2n) is 5.58. The highest BCUT2D eigenvalue weighted by atomic mass is 79.9. The third-order valence-electron chi connectivity index (χ3n) is 3.71. The van der Waals surface area contributed by atoms with E-state index in [0.29, 0.717) is 15.9 Å². The lowest BCUT2D eigenvalue weighted by Gasteiger charge is -2.07. The fourth-order valence-electron chi connectivity index (χ4n) is 2.32. The Hall–Kier alpha value is -2.17. The minimum atomic E-state index is -4.00. The molecule has 10 heteroatoms. The topological polar surface area (TPSA) is 98.5 Å². The quantitative estimate of drug-likeness (QED) is 0.523. The molecule has 0 fully saturated rings. The van der Waals surface area contributed by atoms with Crippen molar-refractivity contribution in [1.82, 2.24) is 5.16 Å². The molecule has 0 aliphatic heterocycles. The molecule has 0 saturated heterocycles. The van der Waals surface area contributed by atoms with Gasteiger partial charge >= 0.3 is 0 Å². The van der Waals surface area contributed by atoms with Crippen LogP contribution in [0.2, 0.25) is 0 Å². The van der Waals surface area contributed by atoms with Gasteiger partial charge in [0.25, 0.3) is 15.9 Å². The van der Waals surface area contributed by atoms with Crippen LogP contribution in [0.25, 0.3) is 0 Å². The van der Waals surface area contributed by atoms with Crippen molar-refractivity contribution in [3.63, 3.8) is 0 Å². The minimum absolute atomic E-state index is 0.0350. The van der Waals surface area contributed by atoms with E-state index in [2.05, 4.69) is 25.8 Å². The van der Waals surface area contributed by atoms with Crippen molar-refractivity contribution >= 4 is 49.0 Å². The lowest BCUT2D eigenvalue weighted by atomic mass is 10.1. The summed E-state index contributed by atoms with van der Waals surface area (Å²) < 4.78 is 38.2. The first-order chi connectivity index (χ1) is 12.8. The van der Waals surface area contributed by atoms with Gasteiger partial charge in [0, 0.05) is 6.42 Å². The van der Waals surface area contributed by atoms with Gasteiger partial charge in [-0.15, -0.1) is 11.3 Å². The van der Waals surface area contributed by atoms with Gasteiger partial charge in [-0.05, 0) is 52.0 Å². The number of anilines is 1. The molecule has 1 N–H and O–H groups in total. The van der Waals surface area contributed by atoms with Gasteiger partial charge < -0.3 is 9.26 Å². The number of carbonyl (C=O) groups is 1. The number of hydrogen-bond acceptors (Lipinski definition) is 7. The lowest BCUT2D eigenvalue weighted by Crippen LogP contribution is -2.16. The summed E-state index contributed by atoms with van der Waals surface area (Å²) in [5.74, 6) is 0.360. The number of aryl methyl sites for hydroxylation is 1. The Labute approximate surface area is 168 Å². The van der Waals surface area contributed by atoms with Gasteiger partial charge in [0.15, 0.2) is 5.78 Å². The lowest BCUT2D eigenvalue weighted by molar-refractivity contribution is 0.0994. The molecule has 7 nitrogen and oxygen atoms in total. The summed E-state index contributed by atoms with van der Waals surface area (Å²) >= 11 is 4.29. The van der Waals surface area contributed by atoms with Crippen LogP contribution in [-0.2, 0) is 16.4 Å². The highest BCUT2D eigenvalue weighted by Gasteiger charge is 2.26. The molecule has 142 valence electrons. The van der Waals surface area contributed by atoms with Gasteiger partial charge in [0.1, 0.15) is 15.1 Å². The molecule has 0 aliphatic rings. The first-order valence-corrected chi connectivity index (χ1v) is 10.9. The number of thiophene rings is 1. The number of aromatic nitrogens is 1. The fourth-order valence-corrected chi connectivity index (χ4v) is 5.08. The van der Waals surface area contributed by atoms with Crippen LogP contribution in [0.3, 0.4) is 0 Å². The molecule has 3 rings (SSSR count). The van der Waals surface area contributed by atoms with Crippen molar-refractivity contribution in [2.75, 3.05) is 11.8 Å². The summed E-state index contributed by atoms with van der Waals surface area (Å²) in [4.78, 5) is 12.7. The average Bonchev–Trinajstić information content (AvgIpc) is 3.26. The number of halogens is 1. The van der Waals surface area contributed by atoms with E-state index in [1.807, 2.05) is 0 Å². The number of hydrogen-bond donors (Lipinski definition) is 1. The van der Waals surface area contributed by atoms with Crippen molar-refractivity contribution < 1.29 is 22.5 Å². The van der Waals surface area contributed by atoms with Crippen LogP contribution >= 0.6 is 27.3 Å². The standard InChI is InChI=1S/C17H15BrN2O5S2/c1-10-15(18)17(25-19-10)20-27(22,23)14-7-8-26-16(14)13(21)9-11-3-5-12(24-2)6-4-11/h3-8,20H,9H2,1-2H3. The number of rotatable bonds is 7. The summed E-state index contributed by atoms with van der Waals surface area (Å²) in [6.07, 6.45) is 0.0815. The van der Waals surface area contributed by atoms with Crippen LogP contribution in [-0.4, -0.2) is 26.5 Å². The van der Waals surface area contributed by atoms with Gasteiger partial charge in [-0.3, -0.25) is 4.79 Å². The molecular formula is C17H15BrN2O5S2. The first kappa shape index (κ1) is 19.6. The number of nitrogens with one attached hydrogen (secondary N) is 1. The first-order valence-electron chi connectivity index (χ1n) is 7.70. The second kappa shape index (κ2) is 7.83. The van der Waals surface area contributed by atoms with Crippen LogP contribution in [0, 0.1) is 6.92 Å². The number of benzene rings is 1. The largest absolute Gasteiger partial charge is 0.497 e. The normalized spacial score (nSPS) is 11.4. The molecule has 2 aromatic heterocycles. The van der Waals surface area contributed by atoms with Gasteiger partial charge in [-0.1, -0.05) is 17.3 Å². The fraction of sp³-hybridized carbons (Fsp3) is 0.176. The smallest absolute Gasteiger partial charge is 0.265 e. The monoisotopic (exact) mass is 470 g/mol. The van der Waals surface area contributed by atoms with E-state index in [9.17, 15) is 13.2 Å². The zero-order valence-corrected chi connectivity index (χ0v) is 17.6. The summed E-state index contributed by atoms with van der Waals surface area (Å²) in [5.41, 5.74) is 1.27. The molecule has 27 heavy (non-hydrogen) atoms. The van der Waals surface area contributed by atoms with Crippen LogP contribution in [0.1, 0.15) is 20.9 Å². The summed E-state index contributed by atoms with van der Waals surface area (Å²) in [6.45, 7) is 1.67. The Morgan fingerprint density at radius 3 is 2.59 bits per heavy atom. The third-order valence-corrected chi connectivity index (χ3v) is 7.11.